The second-order valence-electron chi connectivity index (χ2n) is 5.15. The van der Waals surface area contributed by atoms with Gasteiger partial charge in [-0.2, -0.15) is 0 Å². The lowest BCUT2D eigenvalue weighted by atomic mass is 10.1. The molecule has 0 atom stereocenters. The SMILES string of the molecule is NCCc1ccc(N2CCCOc3ccccc32)c(F)c1. The van der Waals surface area contributed by atoms with Crippen LogP contribution in [0, 0.1) is 5.82 Å². The van der Waals surface area contributed by atoms with Crippen molar-refractivity contribution < 1.29 is 9.13 Å². The molecule has 3 nitrogen and oxygen atoms in total. The molecule has 1 aliphatic rings. The number of benzene rings is 2. The Kier molecular flexibility index (Phi) is 4.06. The molecule has 4 heteroatoms. The van der Waals surface area contributed by atoms with Gasteiger partial charge in [-0.25, -0.2) is 4.39 Å². The average molecular weight is 286 g/mol. The maximum atomic E-state index is 14.5. The van der Waals surface area contributed by atoms with Crippen LogP contribution in [0.4, 0.5) is 15.8 Å². The zero-order valence-electron chi connectivity index (χ0n) is 11.9. The maximum Gasteiger partial charge on any atom is 0.147 e. The first-order valence-electron chi connectivity index (χ1n) is 7.27. The Hall–Kier alpha value is -2.07. The lowest BCUT2D eigenvalue weighted by Gasteiger charge is -2.24. The van der Waals surface area contributed by atoms with E-state index >= 15 is 0 Å². The van der Waals surface area contributed by atoms with Crippen LogP contribution in [0.25, 0.3) is 0 Å². The molecule has 110 valence electrons. The molecule has 2 N–H and O–H groups in total. The maximum absolute atomic E-state index is 14.5. The Morgan fingerprint density at radius 1 is 1.14 bits per heavy atom. The van der Waals surface area contributed by atoms with Crippen molar-refractivity contribution in [2.75, 3.05) is 24.6 Å². The fraction of sp³-hybridized carbons (Fsp3) is 0.294. The molecule has 21 heavy (non-hydrogen) atoms. The second kappa shape index (κ2) is 6.14. The van der Waals surface area contributed by atoms with Crippen LogP contribution in [0.1, 0.15) is 12.0 Å². The zero-order chi connectivity index (χ0) is 14.7. The van der Waals surface area contributed by atoms with Crippen molar-refractivity contribution in [3.63, 3.8) is 0 Å². The van der Waals surface area contributed by atoms with Gasteiger partial charge < -0.3 is 15.4 Å². The number of fused-ring (bicyclic) bond motifs is 1. The van der Waals surface area contributed by atoms with E-state index < -0.39 is 0 Å². The molecule has 2 aromatic rings. The first kappa shape index (κ1) is 13.9. The lowest BCUT2D eigenvalue weighted by Crippen LogP contribution is -2.19. The summed E-state index contributed by atoms with van der Waals surface area (Å²) in [5, 5.41) is 0. The highest BCUT2D eigenvalue weighted by Crippen LogP contribution is 2.37. The van der Waals surface area contributed by atoms with Gasteiger partial charge >= 0.3 is 0 Å². The Morgan fingerprint density at radius 3 is 2.81 bits per heavy atom. The highest BCUT2D eigenvalue weighted by molar-refractivity contribution is 5.70. The van der Waals surface area contributed by atoms with Gasteiger partial charge in [0.15, 0.2) is 0 Å². The number of nitrogens with two attached hydrogens (primary N) is 1. The van der Waals surface area contributed by atoms with E-state index in [0.29, 0.717) is 25.3 Å². The van der Waals surface area contributed by atoms with E-state index in [0.717, 1.165) is 30.0 Å². The predicted molar refractivity (Wildman–Crippen MR) is 82.7 cm³/mol. The highest BCUT2D eigenvalue weighted by Gasteiger charge is 2.20. The molecular formula is C17H19FN2O. The summed E-state index contributed by atoms with van der Waals surface area (Å²) in [6.45, 7) is 1.92. The first-order valence-corrected chi connectivity index (χ1v) is 7.27. The number of anilines is 2. The van der Waals surface area contributed by atoms with Gasteiger partial charge in [0.2, 0.25) is 0 Å². The van der Waals surface area contributed by atoms with Gasteiger partial charge in [0, 0.05) is 6.54 Å². The lowest BCUT2D eigenvalue weighted by molar-refractivity contribution is 0.322. The molecule has 0 saturated heterocycles. The van der Waals surface area contributed by atoms with Crippen LogP contribution >= 0.6 is 0 Å². The molecule has 0 unspecified atom stereocenters. The van der Waals surface area contributed by atoms with Crippen LogP contribution in [-0.4, -0.2) is 19.7 Å². The average Bonchev–Trinajstić information content (AvgIpc) is 2.70. The van der Waals surface area contributed by atoms with Crippen molar-refractivity contribution in [3.05, 3.63) is 53.8 Å². The molecule has 1 heterocycles. The molecule has 0 saturated carbocycles. The summed E-state index contributed by atoms with van der Waals surface area (Å²) < 4.78 is 20.2. The summed E-state index contributed by atoms with van der Waals surface area (Å²) in [6.07, 6.45) is 1.55. The molecule has 2 aromatic carbocycles. The molecule has 0 amide bonds. The molecule has 1 aliphatic heterocycles. The van der Waals surface area contributed by atoms with Gasteiger partial charge in [0.25, 0.3) is 0 Å². The highest BCUT2D eigenvalue weighted by atomic mass is 19.1. The van der Waals surface area contributed by atoms with Gasteiger partial charge in [-0.3, -0.25) is 0 Å². The molecule has 0 aliphatic carbocycles. The number of ether oxygens (including phenoxy) is 1. The topological polar surface area (TPSA) is 38.5 Å². The van der Waals surface area contributed by atoms with Gasteiger partial charge in [0.05, 0.1) is 18.0 Å². The van der Waals surface area contributed by atoms with E-state index in [9.17, 15) is 4.39 Å². The Bertz CT molecular complexity index is 630. The molecule has 0 bridgehead atoms. The monoisotopic (exact) mass is 286 g/mol. The number of para-hydroxylation sites is 2. The minimum absolute atomic E-state index is 0.211. The minimum atomic E-state index is -0.211. The van der Waals surface area contributed by atoms with Crippen LogP contribution < -0.4 is 15.4 Å². The molecule has 3 rings (SSSR count). The minimum Gasteiger partial charge on any atom is -0.491 e. The largest absolute Gasteiger partial charge is 0.491 e. The fourth-order valence-corrected chi connectivity index (χ4v) is 2.67. The van der Waals surface area contributed by atoms with E-state index in [-0.39, 0.29) is 5.82 Å². The smallest absolute Gasteiger partial charge is 0.147 e. The number of hydrogen-bond acceptors (Lipinski definition) is 3. The van der Waals surface area contributed by atoms with E-state index in [4.69, 9.17) is 10.5 Å². The van der Waals surface area contributed by atoms with Crippen molar-refractivity contribution >= 4 is 11.4 Å². The van der Waals surface area contributed by atoms with Crippen molar-refractivity contribution in [2.24, 2.45) is 5.73 Å². The number of rotatable bonds is 3. The van der Waals surface area contributed by atoms with Crippen LogP contribution in [0.15, 0.2) is 42.5 Å². The standard InChI is InChI=1S/C17H19FN2O/c18-14-12-13(8-9-19)6-7-15(14)20-10-3-11-21-17-5-2-1-4-16(17)20/h1-2,4-7,12H,3,8-11,19H2. The number of halogens is 1. The summed E-state index contributed by atoms with van der Waals surface area (Å²) in [5.74, 6) is 0.595. The third kappa shape index (κ3) is 2.85. The molecule has 0 spiro atoms. The fourth-order valence-electron chi connectivity index (χ4n) is 2.67. The van der Waals surface area contributed by atoms with Crippen LogP contribution in [0.5, 0.6) is 5.75 Å². The third-order valence-electron chi connectivity index (χ3n) is 3.68. The summed E-state index contributed by atoms with van der Waals surface area (Å²) in [5.41, 5.74) is 7.96. The Labute approximate surface area is 124 Å². The third-order valence-corrected chi connectivity index (χ3v) is 3.68. The molecular weight excluding hydrogens is 267 g/mol. The predicted octanol–water partition coefficient (Wildman–Crippen LogP) is 3.25. The summed E-state index contributed by atoms with van der Waals surface area (Å²) in [7, 11) is 0. The van der Waals surface area contributed by atoms with Gasteiger partial charge in [0.1, 0.15) is 11.6 Å². The van der Waals surface area contributed by atoms with Crippen LogP contribution in [0.3, 0.4) is 0 Å². The Morgan fingerprint density at radius 2 is 2.00 bits per heavy atom. The second-order valence-corrected chi connectivity index (χ2v) is 5.15. The summed E-state index contributed by atoms with van der Waals surface area (Å²) in [4.78, 5) is 1.99. The molecule has 0 radical (unpaired) electrons. The van der Waals surface area contributed by atoms with E-state index in [1.165, 1.54) is 0 Å². The van der Waals surface area contributed by atoms with Crippen molar-refractivity contribution in [1.82, 2.24) is 0 Å². The van der Waals surface area contributed by atoms with Crippen LogP contribution in [0.2, 0.25) is 0 Å². The van der Waals surface area contributed by atoms with Crippen molar-refractivity contribution in [1.29, 1.82) is 0 Å². The summed E-state index contributed by atoms with van der Waals surface area (Å²) in [6, 6.07) is 13.1. The van der Waals surface area contributed by atoms with Gasteiger partial charge in [-0.05, 0) is 49.2 Å². The van der Waals surface area contributed by atoms with E-state index in [1.807, 2.05) is 41.3 Å². The van der Waals surface area contributed by atoms with E-state index in [2.05, 4.69) is 0 Å². The zero-order valence-corrected chi connectivity index (χ0v) is 11.9. The van der Waals surface area contributed by atoms with Gasteiger partial charge in [-0.15, -0.1) is 0 Å². The molecule has 0 aromatic heterocycles. The quantitative estimate of drug-likeness (QED) is 0.941. The Balaban J connectivity index is 2.00. The van der Waals surface area contributed by atoms with Crippen molar-refractivity contribution in [2.45, 2.75) is 12.8 Å². The number of nitrogens with zero attached hydrogens (tertiary/aromatic N) is 1. The molecule has 0 fully saturated rings. The van der Waals surface area contributed by atoms with Crippen molar-refractivity contribution in [3.8, 4) is 5.75 Å². The normalized spacial score (nSPS) is 14.3. The number of hydrogen-bond donors (Lipinski definition) is 1. The first-order chi connectivity index (χ1) is 10.3. The van der Waals surface area contributed by atoms with Crippen LogP contribution in [-0.2, 0) is 6.42 Å². The summed E-state index contributed by atoms with van der Waals surface area (Å²) >= 11 is 0. The van der Waals surface area contributed by atoms with Gasteiger partial charge in [-0.1, -0.05) is 18.2 Å². The van der Waals surface area contributed by atoms with E-state index in [1.54, 1.807) is 6.07 Å².